The first-order chi connectivity index (χ1) is 12.6. The lowest BCUT2D eigenvalue weighted by atomic mass is 10.0. The van der Waals surface area contributed by atoms with Crippen LogP contribution < -0.4 is 5.32 Å². The molecular weight excluding hydrogens is 327 g/mol. The van der Waals surface area contributed by atoms with Gasteiger partial charge in [0, 0.05) is 32.1 Å². The number of hydrogen-bond donors (Lipinski definition) is 1. The van der Waals surface area contributed by atoms with E-state index in [9.17, 15) is 9.18 Å². The van der Waals surface area contributed by atoms with Gasteiger partial charge in [-0.3, -0.25) is 9.69 Å². The highest BCUT2D eigenvalue weighted by Gasteiger charge is 2.20. The summed E-state index contributed by atoms with van der Waals surface area (Å²) < 4.78 is 13.0. The van der Waals surface area contributed by atoms with Crippen LogP contribution in [0.1, 0.15) is 36.0 Å². The number of aryl methyl sites for hydroxylation is 2. The van der Waals surface area contributed by atoms with Gasteiger partial charge in [-0.2, -0.15) is 0 Å². The Morgan fingerprint density at radius 3 is 2.54 bits per heavy atom. The fraction of sp³-hybridized carbons (Fsp3) is 0.409. The molecule has 0 aromatic heterocycles. The summed E-state index contributed by atoms with van der Waals surface area (Å²) in [4.78, 5) is 14.6. The Morgan fingerprint density at radius 2 is 1.85 bits per heavy atom. The van der Waals surface area contributed by atoms with E-state index in [1.54, 1.807) is 0 Å². The lowest BCUT2D eigenvalue weighted by Crippen LogP contribution is -2.44. The molecule has 1 amide bonds. The van der Waals surface area contributed by atoms with Crippen LogP contribution in [-0.4, -0.2) is 29.9 Å². The van der Waals surface area contributed by atoms with Crippen LogP contribution in [0, 0.1) is 12.7 Å². The fourth-order valence-corrected chi connectivity index (χ4v) is 3.51. The van der Waals surface area contributed by atoms with Gasteiger partial charge < -0.3 is 5.32 Å². The zero-order valence-electron chi connectivity index (χ0n) is 15.4. The third-order valence-corrected chi connectivity index (χ3v) is 5.00. The Kier molecular flexibility index (Phi) is 6.40. The Bertz CT molecular complexity index is 721. The molecule has 2 aromatic rings. The van der Waals surface area contributed by atoms with Gasteiger partial charge in [-0.1, -0.05) is 42.0 Å². The van der Waals surface area contributed by atoms with Gasteiger partial charge in [0.05, 0.1) is 0 Å². The second kappa shape index (κ2) is 8.95. The maximum absolute atomic E-state index is 13.0. The molecule has 0 aliphatic carbocycles. The highest BCUT2D eigenvalue weighted by atomic mass is 19.1. The molecule has 0 radical (unpaired) electrons. The summed E-state index contributed by atoms with van der Waals surface area (Å²) in [5.74, 6) is -0.0516. The van der Waals surface area contributed by atoms with Crippen molar-refractivity contribution in [2.24, 2.45) is 0 Å². The van der Waals surface area contributed by atoms with Crippen molar-refractivity contribution in [3.8, 4) is 0 Å². The molecule has 1 heterocycles. The summed E-state index contributed by atoms with van der Waals surface area (Å²) in [6.07, 6.45) is 3.27. The molecule has 138 valence electrons. The zero-order chi connectivity index (χ0) is 18.4. The summed E-state index contributed by atoms with van der Waals surface area (Å²) in [7, 11) is 0. The maximum atomic E-state index is 13.0. The van der Waals surface area contributed by atoms with E-state index in [1.807, 2.05) is 18.2 Å². The molecule has 1 saturated heterocycles. The summed E-state index contributed by atoms with van der Waals surface area (Å²) in [5.41, 5.74) is 3.58. The van der Waals surface area contributed by atoms with Crippen LogP contribution in [0.15, 0.2) is 48.5 Å². The number of hydrogen-bond acceptors (Lipinski definition) is 2. The van der Waals surface area contributed by atoms with E-state index in [4.69, 9.17) is 0 Å². The molecule has 1 N–H and O–H groups in total. The number of carbonyl (C=O) groups excluding carboxylic acids is 1. The van der Waals surface area contributed by atoms with E-state index < -0.39 is 0 Å². The van der Waals surface area contributed by atoms with Crippen molar-refractivity contribution in [2.75, 3.05) is 13.1 Å². The fourth-order valence-electron chi connectivity index (χ4n) is 3.51. The second-order valence-corrected chi connectivity index (χ2v) is 7.23. The van der Waals surface area contributed by atoms with Crippen LogP contribution in [0.2, 0.25) is 0 Å². The Labute approximate surface area is 155 Å². The van der Waals surface area contributed by atoms with Crippen LogP contribution >= 0.6 is 0 Å². The van der Waals surface area contributed by atoms with Gasteiger partial charge in [-0.25, -0.2) is 4.39 Å². The molecule has 0 unspecified atom stereocenters. The highest BCUT2D eigenvalue weighted by molar-refractivity contribution is 5.76. The molecule has 1 aliphatic heterocycles. The van der Waals surface area contributed by atoms with Crippen LogP contribution in [-0.2, 0) is 17.8 Å². The predicted molar refractivity (Wildman–Crippen MR) is 102 cm³/mol. The van der Waals surface area contributed by atoms with Gasteiger partial charge in [0.2, 0.25) is 5.91 Å². The van der Waals surface area contributed by atoms with Crippen molar-refractivity contribution in [1.29, 1.82) is 0 Å². The lowest BCUT2D eigenvalue weighted by molar-refractivity contribution is -0.122. The molecule has 0 spiro atoms. The van der Waals surface area contributed by atoms with Crippen LogP contribution in [0.5, 0.6) is 0 Å². The van der Waals surface area contributed by atoms with E-state index in [2.05, 4.69) is 35.3 Å². The van der Waals surface area contributed by atoms with Crippen molar-refractivity contribution in [1.82, 2.24) is 10.2 Å². The lowest BCUT2D eigenvalue weighted by Gasteiger charge is -2.32. The number of likely N-dealkylation sites (tertiary alicyclic amines) is 1. The van der Waals surface area contributed by atoms with E-state index in [0.29, 0.717) is 6.42 Å². The van der Waals surface area contributed by atoms with E-state index >= 15 is 0 Å². The smallest absolute Gasteiger partial charge is 0.220 e. The molecule has 26 heavy (non-hydrogen) atoms. The molecular formula is C22H27FN2O. The van der Waals surface area contributed by atoms with E-state index in [1.165, 1.54) is 23.3 Å². The van der Waals surface area contributed by atoms with Crippen molar-refractivity contribution >= 4 is 5.91 Å². The first-order valence-corrected chi connectivity index (χ1v) is 9.40. The van der Waals surface area contributed by atoms with Gasteiger partial charge in [0.1, 0.15) is 5.82 Å². The first-order valence-electron chi connectivity index (χ1n) is 9.40. The SMILES string of the molecule is Cc1cccc(CCC(=O)NC2CCN(Cc3ccc(F)cc3)CC2)c1. The molecule has 4 heteroatoms. The average molecular weight is 354 g/mol. The van der Waals surface area contributed by atoms with Crippen molar-refractivity contribution < 1.29 is 9.18 Å². The molecule has 2 aromatic carbocycles. The molecule has 3 rings (SSSR count). The number of nitrogens with one attached hydrogen (secondary N) is 1. The van der Waals surface area contributed by atoms with Gasteiger partial charge >= 0.3 is 0 Å². The molecule has 1 aliphatic rings. The second-order valence-electron chi connectivity index (χ2n) is 7.23. The third-order valence-electron chi connectivity index (χ3n) is 5.00. The summed E-state index contributed by atoms with van der Waals surface area (Å²) in [5, 5.41) is 3.18. The number of piperidine rings is 1. The molecule has 0 bridgehead atoms. The minimum atomic E-state index is -0.194. The summed E-state index contributed by atoms with van der Waals surface area (Å²) >= 11 is 0. The molecule has 1 fully saturated rings. The van der Waals surface area contributed by atoms with Crippen molar-refractivity contribution in [2.45, 2.75) is 45.2 Å². The van der Waals surface area contributed by atoms with Gasteiger partial charge in [-0.05, 0) is 49.4 Å². The van der Waals surface area contributed by atoms with Gasteiger partial charge in [-0.15, -0.1) is 0 Å². The third kappa shape index (κ3) is 5.67. The van der Waals surface area contributed by atoms with Crippen LogP contribution in [0.25, 0.3) is 0 Å². The molecule has 0 atom stereocenters. The Morgan fingerprint density at radius 1 is 1.12 bits per heavy atom. The number of rotatable bonds is 6. The standard InChI is InChI=1S/C22H27FN2O/c1-17-3-2-4-18(15-17)7-10-22(26)24-21-11-13-25(14-12-21)16-19-5-8-20(23)9-6-19/h2-6,8-9,15,21H,7,10-14,16H2,1H3,(H,24,26). The monoisotopic (exact) mass is 354 g/mol. The maximum Gasteiger partial charge on any atom is 0.220 e. The quantitative estimate of drug-likeness (QED) is 0.855. The topological polar surface area (TPSA) is 32.3 Å². The number of benzene rings is 2. The first kappa shape index (κ1) is 18.6. The molecule has 3 nitrogen and oxygen atoms in total. The Balaban J connectivity index is 1.38. The minimum absolute atomic E-state index is 0.142. The largest absolute Gasteiger partial charge is 0.353 e. The van der Waals surface area contributed by atoms with Gasteiger partial charge in [0.15, 0.2) is 0 Å². The number of amides is 1. The van der Waals surface area contributed by atoms with E-state index in [0.717, 1.165) is 44.5 Å². The molecule has 0 saturated carbocycles. The Hall–Kier alpha value is -2.20. The minimum Gasteiger partial charge on any atom is -0.353 e. The average Bonchev–Trinajstić information content (AvgIpc) is 2.64. The van der Waals surface area contributed by atoms with Gasteiger partial charge in [0.25, 0.3) is 0 Å². The number of halogens is 1. The van der Waals surface area contributed by atoms with E-state index in [-0.39, 0.29) is 17.8 Å². The number of nitrogens with zero attached hydrogens (tertiary/aromatic N) is 1. The summed E-state index contributed by atoms with van der Waals surface area (Å²) in [6, 6.07) is 15.3. The van der Waals surface area contributed by atoms with Crippen molar-refractivity contribution in [3.63, 3.8) is 0 Å². The van der Waals surface area contributed by atoms with Crippen LogP contribution in [0.4, 0.5) is 4.39 Å². The van der Waals surface area contributed by atoms with Crippen molar-refractivity contribution in [3.05, 3.63) is 71.0 Å². The summed E-state index contributed by atoms with van der Waals surface area (Å²) in [6.45, 7) is 4.83. The number of carbonyl (C=O) groups is 1. The zero-order valence-corrected chi connectivity index (χ0v) is 15.4. The van der Waals surface area contributed by atoms with Crippen LogP contribution in [0.3, 0.4) is 0 Å². The normalized spacial score (nSPS) is 15.8. The highest BCUT2D eigenvalue weighted by Crippen LogP contribution is 2.15. The predicted octanol–water partition coefficient (Wildman–Crippen LogP) is 3.85.